The predicted octanol–water partition coefficient (Wildman–Crippen LogP) is 4.63. The SMILES string of the molecule is COc1cc(C(=O)NC[C@](O)(c2cc3c(c(-c4cccc(C5CC5)c4)n2)OC[C@]3(C)C(N)=O)C(F)(F)F)cc2cn(C3CC3)nc12. The van der Waals surface area contributed by atoms with Crippen molar-refractivity contribution in [3.05, 3.63) is 71.0 Å². The van der Waals surface area contributed by atoms with Gasteiger partial charge in [0, 0.05) is 28.3 Å². The highest BCUT2D eigenvalue weighted by Crippen LogP contribution is 2.49. The molecule has 13 heteroatoms. The Labute approximate surface area is 261 Å². The van der Waals surface area contributed by atoms with Gasteiger partial charge in [0.2, 0.25) is 11.5 Å². The lowest BCUT2D eigenvalue weighted by atomic mass is 9.81. The number of aromatic nitrogens is 3. The van der Waals surface area contributed by atoms with Gasteiger partial charge in [-0.15, -0.1) is 0 Å². The number of hydrogen-bond acceptors (Lipinski definition) is 7. The van der Waals surface area contributed by atoms with E-state index in [9.17, 15) is 27.9 Å². The highest BCUT2D eigenvalue weighted by Gasteiger charge is 2.57. The minimum Gasteiger partial charge on any atom is -0.494 e. The van der Waals surface area contributed by atoms with E-state index in [1.54, 1.807) is 23.0 Å². The van der Waals surface area contributed by atoms with Gasteiger partial charge in [-0.3, -0.25) is 14.3 Å². The normalized spacial score (nSPS) is 20.6. The minimum absolute atomic E-state index is 0.0263. The fourth-order valence-electron chi connectivity index (χ4n) is 5.93. The molecule has 4 aromatic rings. The third-order valence-electron chi connectivity index (χ3n) is 9.22. The number of carbonyl (C=O) groups is 2. The van der Waals surface area contributed by atoms with Gasteiger partial charge in [-0.1, -0.05) is 18.2 Å². The summed E-state index contributed by atoms with van der Waals surface area (Å²) in [6.45, 7) is -0.00188. The molecule has 46 heavy (non-hydrogen) atoms. The lowest BCUT2D eigenvalue weighted by Gasteiger charge is -2.31. The van der Waals surface area contributed by atoms with E-state index in [-0.39, 0.29) is 41.0 Å². The number of nitrogens with two attached hydrogens (primary N) is 1. The highest BCUT2D eigenvalue weighted by molar-refractivity contribution is 6.00. The van der Waals surface area contributed by atoms with Crippen LogP contribution in [0.15, 0.2) is 48.7 Å². The van der Waals surface area contributed by atoms with Crippen LogP contribution in [0.3, 0.4) is 0 Å². The summed E-state index contributed by atoms with van der Waals surface area (Å²) in [5.41, 5.74) is 1.91. The Kier molecular flexibility index (Phi) is 6.82. The van der Waals surface area contributed by atoms with E-state index in [4.69, 9.17) is 15.2 Å². The Morgan fingerprint density at radius 2 is 1.93 bits per heavy atom. The van der Waals surface area contributed by atoms with Gasteiger partial charge in [0.15, 0.2) is 0 Å². The van der Waals surface area contributed by atoms with Gasteiger partial charge < -0.3 is 25.6 Å². The standard InChI is InChI=1S/C33H32F3N5O5/c1-31(30(37)43)16-46-28-23(31)13-25(39-27(28)19-5-3-4-18(10-19)17-6-7-17)32(44,33(34,35)36)15-38-29(42)20-11-21-14-41(22-8-9-22)40-26(21)24(12-20)45-2/h3-5,10-14,17,22,44H,6-9,15-16H2,1-2H3,(H2,37,43)(H,38,42)/t31-,32-/m0/s1. The molecule has 2 aromatic carbocycles. The summed E-state index contributed by atoms with van der Waals surface area (Å²) < 4.78 is 57.7. The van der Waals surface area contributed by atoms with Crippen LogP contribution in [-0.4, -0.2) is 58.1 Å². The quantitative estimate of drug-likeness (QED) is 0.244. The molecule has 2 aromatic heterocycles. The maximum absolute atomic E-state index is 14.9. The molecule has 4 N–H and O–H groups in total. The zero-order valence-corrected chi connectivity index (χ0v) is 25.1. The van der Waals surface area contributed by atoms with Crippen LogP contribution in [0.1, 0.15) is 71.7 Å². The number of alkyl halides is 3. The van der Waals surface area contributed by atoms with E-state index in [0.29, 0.717) is 22.4 Å². The first-order valence-electron chi connectivity index (χ1n) is 15.1. The number of hydrogen-bond donors (Lipinski definition) is 3. The van der Waals surface area contributed by atoms with Crippen LogP contribution in [0.4, 0.5) is 13.2 Å². The maximum Gasteiger partial charge on any atom is 0.424 e. The van der Waals surface area contributed by atoms with Gasteiger partial charge in [-0.25, -0.2) is 4.98 Å². The Morgan fingerprint density at radius 1 is 1.17 bits per heavy atom. The Balaban J connectivity index is 1.28. The smallest absolute Gasteiger partial charge is 0.424 e. The van der Waals surface area contributed by atoms with Gasteiger partial charge in [-0.2, -0.15) is 18.3 Å². The van der Waals surface area contributed by atoms with Gasteiger partial charge in [0.1, 0.15) is 34.7 Å². The first-order valence-corrected chi connectivity index (χ1v) is 15.1. The fourth-order valence-corrected chi connectivity index (χ4v) is 5.93. The fraction of sp³-hybridized carbons (Fsp3) is 0.394. The monoisotopic (exact) mass is 635 g/mol. The first kappa shape index (κ1) is 30.0. The van der Waals surface area contributed by atoms with Crippen molar-refractivity contribution in [3.8, 4) is 22.8 Å². The Morgan fingerprint density at radius 3 is 2.59 bits per heavy atom. The number of amides is 2. The summed E-state index contributed by atoms with van der Waals surface area (Å²) in [6, 6.07) is 11.4. The van der Waals surface area contributed by atoms with Crippen molar-refractivity contribution >= 4 is 22.7 Å². The van der Waals surface area contributed by atoms with Crippen LogP contribution >= 0.6 is 0 Å². The van der Waals surface area contributed by atoms with E-state index in [1.807, 2.05) is 12.1 Å². The van der Waals surface area contributed by atoms with E-state index >= 15 is 0 Å². The third-order valence-corrected chi connectivity index (χ3v) is 9.22. The summed E-state index contributed by atoms with van der Waals surface area (Å²) in [6.07, 6.45) is 0.444. The van der Waals surface area contributed by atoms with Crippen molar-refractivity contribution in [3.63, 3.8) is 0 Å². The van der Waals surface area contributed by atoms with E-state index < -0.39 is 41.2 Å². The zero-order chi connectivity index (χ0) is 32.6. The van der Waals surface area contributed by atoms with Crippen molar-refractivity contribution in [2.75, 3.05) is 20.3 Å². The average molecular weight is 636 g/mol. The number of fused-ring (bicyclic) bond motifs is 2. The summed E-state index contributed by atoms with van der Waals surface area (Å²) >= 11 is 0. The van der Waals surface area contributed by atoms with Crippen molar-refractivity contribution in [2.24, 2.45) is 5.73 Å². The molecule has 2 atom stereocenters. The number of nitrogens with one attached hydrogen (secondary N) is 1. The molecule has 2 fully saturated rings. The molecule has 1 aliphatic heterocycles. The molecule has 0 saturated heterocycles. The first-order chi connectivity index (χ1) is 21.8. The van der Waals surface area contributed by atoms with Crippen LogP contribution in [-0.2, 0) is 15.8 Å². The number of methoxy groups -OCH3 is 1. The molecule has 3 aliphatic rings. The second kappa shape index (κ2) is 10.4. The van der Waals surface area contributed by atoms with Gasteiger partial charge in [0.25, 0.3) is 5.91 Å². The van der Waals surface area contributed by atoms with E-state index in [1.165, 1.54) is 26.2 Å². The third kappa shape index (κ3) is 4.93. The van der Waals surface area contributed by atoms with Crippen LogP contribution in [0, 0.1) is 0 Å². The molecule has 2 saturated carbocycles. The van der Waals surface area contributed by atoms with E-state index in [2.05, 4.69) is 15.4 Å². The summed E-state index contributed by atoms with van der Waals surface area (Å²) in [4.78, 5) is 30.2. The number of nitrogens with zero attached hydrogens (tertiary/aromatic N) is 3. The molecule has 3 heterocycles. The number of primary amides is 1. The Hall–Kier alpha value is -4.65. The molecule has 2 amide bonds. The predicted molar refractivity (Wildman–Crippen MR) is 161 cm³/mol. The van der Waals surface area contributed by atoms with Crippen molar-refractivity contribution < 1.29 is 37.3 Å². The van der Waals surface area contributed by atoms with Crippen molar-refractivity contribution in [1.82, 2.24) is 20.1 Å². The lowest BCUT2D eigenvalue weighted by Crippen LogP contribution is -2.51. The number of rotatable bonds is 9. The van der Waals surface area contributed by atoms with Crippen LogP contribution in [0.5, 0.6) is 11.5 Å². The van der Waals surface area contributed by atoms with Crippen LogP contribution < -0.4 is 20.5 Å². The van der Waals surface area contributed by atoms with Crippen LogP contribution in [0.2, 0.25) is 0 Å². The van der Waals surface area contributed by atoms with Gasteiger partial charge in [-0.05, 0) is 68.4 Å². The molecule has 240 valence electrons. The topological polar surface area (TPSA) is 142 Å². The average Bonchev–Trinajstić information content (AvgIpc) is 3.97. The maximum atomic E-state index is 14.9. The number of halogens is 3. The molecule has 7 rings (SSSR count). The number of ether oxygens (including phenoxy) is 2. The second-order valence-corrected chi connectivity index (χ2v) is 12.6. The summed E-state index contributed by atoms with van der Waals surface area (Å²) in [5.74, 6) is -0.919. The summed E-state index contributed by atoms with van der Waals surface area (Å²) in [5, 5.41) is 18.8. The second-order valence-electron chi connectivity index (χ2n) is 12.6. The molecular weight excluding hydrogens is 603 g/mol. The van der Waals surface area contributed by atoms with Gasteiger partial charge >= 0.3 is 6.18 Å². The van der Waals surface area contributed by atoms with Crippen molar-refractivity contribution in [2.45, 2.75) is 61.8 Å². The molecule has 0 unspecified atom stereocenters. The summed E-state index contributed by atoms with van der Waals surface area (Å²) in [7, 11) is 1.41. The zero-order valence-electron chi connectivity index (χ0n) is 25.1. The number of benzene rings is 2. The molecule has 2 aliphatic carbocycles. The molecule has 0 spiro atoms. The van der Waals surface area contributed by atoms with E-state index in [0.717, 1.165) is 37.3 Å². The van der Waals surface area contributed by atoms with Gasteiger partial charge in [0.05, 0.1) is 25.4 Å². The van der Waals surface area contributed by atoms with Crippen molar-refractivity contribution in [1.29, 1.82) is 0 Å². The number of aliphatic hydroxyl groups is 1. The highest BCUT2D eigenvalue weighted by atomic mass is 19.4. The molecule has 0 bridgehead atoms. The molecule has 0 radical (unpaired) electrons. The molecule has 10 nitrogen and oxygen atoms in total. The Bertz CT molecular complexity index is 1900. The minimum atomic E-state index is -5.29. The number of carbonyl (C=O) groups excluding carboxylic acids is 2. The lowest BCUT2D eigenvalue weighted by molar-refractivity contribution is -0.265. The number of pyridine rings is 1. The van der Waals surface area contributed by atoms with Crippen LogP contribution in [0.25, 0.3) is 22.2 Å². The largest absolute Gasteiger partial charge is 0.494 e. The molecular formula is C33H32F3N5O5.